The molecular weight excluding hydrogens is 337 g/mol. The number of amides is 2. The summed E-state index contributed by atoms with van der Waals surface area (Å²) in [5.41, 5.74) is 0.400. The Morgan fingerprint density at radius 2 is 2.04 bits per heavy atom. The molecule has 1 N–H and O–H groups in total. The Kier molecular flexibility index (Phi) is 5.70. The fourth-order valence-electron chi connectivity index (χ4n) is 1.78. The molecule has 0 fully saturated rings. The summed E-state index contributed by atoms with van der Waals surface area (Å²) < 4.78 is 18.3. The summed E-state index contributed by atoms with van der Waals surface area (Å²) in [5, 5.41) is 2.43. The van der Waals surface area contributed by atoms with Gasteiger partial charge in [-0.05, 0) is 24.3 Å². The molecular formula is C16H15ClFN3O3. The number of aromatic nitrogens is 1. The van der Waals surface area contributed by atoms with Crippen LogP contribution in [0.5, 0.6) is 5.75 Å². The molecule has 126 valence electrons. The monoisotopic (exact) mass is 351 g/mol. The average molecular weight is 352 g/mol. The number of pyridine rings is 1. The van der Waals surface area contributed by atoms with Crippen molar-refractivity contribution in [3.63, 3.8) is 0 Å². The Labute approximate surface area is 143 Å². The Bertz CT molecular complexity index is 768. The molecule has 0 aliphatic heterocycles. The number of hydrogen-bond donors (Lipinski definition) is 1. The van der Waals surface area contributed by atoms with Gasteiger partial charge in [0.25, 0.3) is 11.8 Å². The zero-order valence-electron chi connectivity index (χ0n) is 13.0. The predicted octanol–water partition coefficient (Wildman–Crippen LogP) is 2.59. The van der Waals surface area contributed by atoms with Gasteiger partial charge in [0.15, 0.2) is 6.61 Å². The number of carbonyl (C=O) groups is 2. The highest BCUT2D eigenvalue weighted by molar-refractivity contribution is 6.30. The van der Waals surface area contributed by atoms with E-state index < -0.39 is 11.7 Å². The van der Waals surface area contributed by atoms with Crippen LogP contribution in [-0.2, 0) is 4.79 Å². The van der Waals surface area contributed by atoms with Gasteiger partial charge in [-0.15, -0.1) is 0 Å². The van der Waals surface area contributed by atoms with E-state index in [2.05, 4.69) is 10.3 Å². The van der Waals surface area contributed by atoms with Crippen molar-refractivity contribution in [3.05, 3.63) is 52.9 Å². The highest BCUT2D eigenvalue weighted by Crippen LogP contribution is 2.21. The van der Waals surface area contributed by atoms with E-state index in [9.17, 15) is 14.0 Å². The Morgan fingerprint density at radius 1 is 1.29 bits per heavy atom. The van der Waals surface area contributed by atoms with Crippen molar-refractivity contribution in [2.75, 3.05) is 26.0 Å². The van der Waals surface area contributed by atoms with Crippen LogP contribution in [0.2, 0.25) is 5.02 Å². The van der Waals surface area contributed by atoms with Crippen molar-refractivity contribution in [2.24, 2.45) is 0 Å². The van der Waals surface area contributed by atoms with Crippen LogP contribution in [0.15, 0.2) is 36.5 Å². The zero-order chi connectivity index (χ0) is 17.7. The third-order valence-corrected chi connectivity index (χ3v) is 3.23. The summed E-state index contributed by atoms with van der Waals surface area (Å²) >= 11 is 5.63. The van der Waals surface area contributed by atoms with Gasteiger partial charge in [-0.1, -0.05) is 11.6 Å². The average Bonchev–Trinajstić information content (AvgIpc) is 2.55. The van der Waals surface area contributed by atoms with Gasteiger partial charge in [0.2, 0.25) is 0 Å². The van der Waals surface area contributed by atoms with Crippen LogP contribution in [-0.4, -0.2) is 42.4 Å². The lowest BCUT2D eigenvalue weighted by Crippen LogP contribution is -2.23. The summed E-state index contributed by atoms with van der Waals surface area (Å²) in [6.07, 6.45) is 1.42. The summed E-state index contributed by atoms with van der Waals surface area (Å²) in [6, 6.07) is 6.80. The molecule has 0 bridgehead atoms. The fraction of sp³-hybridized carbons (Fsp3) is 0.188. The van der Waals surface area contributed by atoms with E-state index >= 15 is 0 Å². The molecule has 6 nitrogen and oxygen atoms in total. The first kappa shape index (κ1) is 17.7. The molecule has 0 atom stereocenters. The number of benzene rings is 1. The van der Waals surface area contributed by atoms with Crippen LogP contribution < -0.4 is 10.1 Å². The van der Waals surface area contributed by atoms with Crippen LogP contribution in [0.3, 0.4) is 0 Å². The molecule has 8 heteroatoms. The first-order chi connectivity index (χ1) is 11.4. The second-order valence-corrected chi connectivity index (χ2v) is 5.45. The molecule has 1 heterocycles. The van der Waals surface area contributed by atoms with Crippen LogP contribution in [0.1, 0.15) is 10.4 Å². The summed E-state index contributed by atoms with van der Waals surface area (Å²) in [7, 11) is 3.26. The van der Waals surface area contributed by atoms with E-state index in [0.29, 0.717) is 5.56 Å². The van der Waals surface area contributed by atoms with Crippen molar-refractivity contribution < 1.29 is 18.7 Å². The van der Waals surface area contributed by atoms with Gasteiger partial charge < -0.3 is 15.0 Å². The molecule has 24 heavy (non-hydrogen) atoms. The maximum Gasteiger partial charge on any atom is 0.263 e. The maximum atomic E-state index is 13.0. The van der Waals surface area contributed by atoms with Crippen molar-refractivity contribution >= 4 is 29.2 Å². The lowest BCUT2D eigenvalue weighted by Gasteiger charge is -2.11. The van der Waals surface area contributed by atoms with Crippen molar-refractivity contribution in [2.45, 2.75) is 0 Å². The lowest BCUT2D eigenvalue weighted by molar-refractivity contribution is -0.118. The van der Waals surface area contributed by atoms with Gasteiger partial charge in [-0.2, -0.15) is 0 Å². The topological polar surface area (TPSA) is 71.5 Å². The van der Waals surface area contributed by atoms with Crippen molar-refractivity contribution in [1.82, 2.24) is 9.88 Å². The molecule has 0 aliphatic rings. The Morgan fingerprint density at radius 3 is 2.71 bits per heavy atom. The smallest absolute Gasteiger partial charge is 0.263 e. The number of anilines is 1. The first-order valence-electron chi connectivity index (χ1n) is 6.92. The highest BCUT2D eigenvalue weighted by Gasteiger charge is 2.11. The minimum Gasteiger partial charge on any atom is -0.484 e. The number of hydrogen-bond acceptors (Lipinski definition) is 4. The Balaban J connectivity index is 1.96. The van der Waals surface area contributed by atoms with Crippen LogP contribution in [0, 0.1) is 5.82 Å². The fourth-order valence-corrected chi connectivity index (χ4v) is 1.96. The number of halogens is 2. The normalized spacial score (nSPS) is 10.2. The number of ether oxygens (including phenoxy) is 1. The minimum atomic E-state index is -0.569. The molecule has 0 radical (unpaired) electrons. The number of rotatable bonds is 5. The molecule has 0 unspecified atom stereocenters. The predicted molar refractivity (Wildman–Crippen MR) is 87.8 cm³/mol. The third-order valence-electron chi connectivity index (χ3n) is 2.94. The van der Waals surface area contributed by atoms with Crippen LogP contribution >= 0.6 is 11.6 Å². The van der Waals surface area contributed by atoms with Crippen LogP contribution in [0.4, 0.5) is 10.2 Å². The van der Waals surface area contributed by atoms with Gasteiger partial charge in [-0.3, -0.25) is 9.59 Å². The standard InChI is InChI=1S/C16H15ClFN3O3/c1-21(2)16(23)10-5-6-19-14(7-10)20-15(22)9-24-11-3-4-13(18)12(17)8-11/h3-8H,9H2,1-2H3,(H,19,20,22). The quantitative estimate of drug-likeness (QED) is 0.898. The lowest BCUT2D eigenvalue weighted by atomic mass is 10.2. The minimum absolute atomic E-state index is 0.0931. The molecule has 0 spiro atoms. The van der Waals surface area contributed by atoms with Crippen molar-refractivity contribution in [3.8, 4) is 5.75 Å². The largest absolute Gasteiger partial charge is 0.484 e. The highest BCUT2D eigenvalue weighted by atomic mass is 35.5. The third kappa shape index (κ3) is 4.66. The van der Waals surface area contributed by atoms with E-state index in [-0.39, 0.29) is 29.1 Å². The second kappa shape index (κ2) is 7.74. The zero-order valence-corrected chi connectivity index (χ0v) is 13.8. The maximum absolute atomic E-state index is 13.0. The molecule has 1 aromatic heterocycles. The van der Waals surface area contributed by atoms with E-state index in [1.54, 1.807) is 20.2 Å². The molecule has 0 saturated carbocycles. The second-order valence-electron chi connectivity index (χ2n) is 5.04. The van der Waals surface area contributed by atoms with Gasteiger partial charge in [0, 0.05) is 31.9 Å². The van der Waals surface area contributed by atoms with Gasteiger partial charge >= 0.3 is 0 Å². The first-order valence-corrected chi connectivity index (χ1v) is 7.30. The number of nitrogens with zero attached hydrogens (tertiary/aromatic N) is 2. The number of carbonyl (C=O) groups excluding carboxylic acids is 2. The van der Waals surface area contributed by atoms with Crippen molar-refractivity contribution in [1.29, 1.82) is 0 Å². The van der Waals surface area contributed by atoms with Gasteiger partial charge in [0.1, 0.15) is 17.4 Å². The Hall–Kier alpha value is -2.67. The van der Waals surface area contributed by atoms with E-state index in [4.69, 9.17) is 16.3 Å². The summed E-state index contributed by atoms with van der Waals surface area (Å²) in [6.45, 7) is -0.310. The number of nitrogens with one attached hydrogen (secondary N) is 1. The summed E-state index contributed by atoms with van der Waals surface area (Å²) in [4.78, 5) is 29.1. The molecule has 0 aliphatic carbocycles. The van der Waals surface area contributed by atoms with E-state index in [0.717, 1.165) is 6.07 Å². The van der Waals surface area contributed by atoms with E-state index in [1.165, 1.54) is 29.3 Å². The summed E-state index contributed by atoms with van der Waals surface area (Å²) in [5.74, 6) is -0.753. The molecule has 2 amide bonds. The van der Waals surface area contributed by atoms with Gasteiger partial charge in [0.05, 0.1) is 5.02 Å². The molecule has 0 saturated heterocycles. The molecule has 2 aromatic rings. The SMILES string of the molecule is CN(C)C(=O)c1ccnc(NC(=O)COc2ccc(F)c(Cl)c2)c1. The molecule has 2 rings (SSSR count). The van der Waals surface area contributed by atoms with E-state index in [1.807, 2.05) is 0 Å². The molecule has 1 aromatic carbocycles. The van der Waals surface area contributed by atoms with Gasteiger partial charge in [-0.25, -0.2) is 9.37 Å². The van der Waals surface area contributed by atoms with Crippen LogP contribution in [0.25, 0.3) is 0 Å².